The Kier molecular flexibility index (Phi) is 3.59. The van der Waals surface area contributed by atoms with Gasteiger partial charge in [0, 0.05) is 6.42 Å². The van der Waals surface area contributed by atoms with E-state index < -0.39 is 23.6 Å². The zero-order chi connectivity index (χ0) is 13.6. The lowest BCUT2D eigenvalue weighted by Gasteiger charge is -2.22. The van der Waals surface area contributed by atoms with Gasteiger partial charge in [0.15, 0.2) is 0 Å². The molecular weight excluding hydrogens is 284 g/mol. The Hall–Kier alpha value is -2.21. The second kappa shape index (κ2) is 5.05. The molecule has 7 heteroatoms. The summed E-state index contributed by atoms with van der Waals surface area (Å²) in [6.07, 6.45) is 0.582. The Bertz CT molecular complexity index is 641. The number of fused-ring (bicyclic) bond motifs is 1. The Labute approximate surface area is 120 Å². The molecule has 0 bridgehead atoms. The number of halogens is 1. The summed E-state index contributed by atoms with van der Waals surface area (Å²) in [7, 11) is 0. The van der Waals surface area contributed by atoms with E-state index in [1.54, 1.807) is 18.2 Å². The van der Waals surface area contributed by atoms with Crippen LogP contribution in [0.4, 0.5) is 0 Å². The van der Waals surface area contributed by atoms with Crippen molar-refractivity contribution in [3.63, 3.8) is 0 Å². The fourth-order valence-corrected chi connectivity index (χ4v) is 2.53. The van der Waals surface area contributed by atoms with Crippen molar-refractivity contribution in [1.82, 2.24) is 10.6 Å². The molecule has 1 fully saturated rings. The Morgan fingerprint density at radius 1 is 1.00 bits per heavy atom. The maximum absolute atomic E-state index is 11.8. The first-order valence-corrected chi connectivity index (χ1v) is 5.90. The summed E-state index contributed by atoms with van der Waals surface area (Å²) in [5, 5.41) is 4.46. The molecule has 20 heavy (non-hydrogen) atoms. The summed E-state index contributed by atoms with van der Waals surface area (Å²) in [5.74, 6) is -2.23. The van der Waals surface area contributed by atoms with E-state index in [1.165, 1.54) is 0 Å². The van der Waals surface area contributed by atoms with E-state index in [2.05, 4.69) is 10.6 Å². The third kappa shape index (κ3) is 2.08. The largest absolute Gasteiger partial charge is 0.296 e. The van der Waals surface area contributed by atoms with Crippen molar-refractivity contribution in [2.45, 2.75) is 18.8 Å². The number of amides is 4. The maximum atomic E-state index is 11.8. The SMILES string of the molecule is Cl.O=C1CCC(c2cccc3c2C(=O)NC3=O)C(=O)N1. The number of piperidine rings is 1. The summed E-state index contributed by atoms with van der Waals surface area (Å²) >= 11 is 0. The highest BCUT2D eigenvalue weighted by atomic mass is 35.5. The number of hydrogen-bond donors (Lipinski definition) is 2. The fraction of sp³-hybridized carbons (Fsp3) is 0.231. The van der Waals surface area contributed by atoms with Crippen LogP contribution in [0.15, 0.2) is 18.2 Å². The second-order valence-electron chi connectivity index (χ2n) is 4.56. The minimum absolute atomic E-state index is 0. The minimum Gasteiger partial charge on any atom is -0.296 e. The summed E-state index contributed by atoms with van der Waals surface area (Å²) in [5.41, 5.74) is 1.04. The van der Waals surface area contributed by atoms with Gasteiger partial charge in [0.05, 0.1) is 17.0 Å². The summed E-state index contributed by atoms with van der Waals surface area (Å²) in [4.78, 5) is 46.3. The van der Waals surface area contributed by atoms with E-state index in [4.69, 9.17) is 0 Å². The van der Waals surface area contributed by atoms with Gasteiger partial charge >= 0.3 is 0 Å². The third-order valence-electron chi connectivity index (χ3n) is 3.41. The Morgan fingerprint density at radius 2 is 1.75 bits per heavy atom. The number of carbonyl (C=O) groups is 4. The van der Waals surface area contributed by atoms with Crippen LogP contribution in [0.1, 0.15) is 45.0 Å². The number of carbonyl (C=O) groups excluding carboxylic acids is 4. The molecule has 0 radical (unpaired) electrons. The van der Waals surface area contributed by atoms with Crippen LogP contribution in [-0.2, 0) is 9.59 Å². The molecule has 1 atom stereocenters. The molecule has 2 N–H and O–H groups in total. The van der Waals surface area contributed by atoms with Crippen LogP contribution in [0.3, 0.4) is 0 Å². The van der Waals surface area contributed by atoms with Crippen LogP contribution in [0.25, 0.3) is 0 Å². The van der Waals surface area contributed by atoms with E-state index in [1.807, 2.05) is 0 Å². The van der Waals surface area contributed by atoms with Gasteiger partial charge in [-0.15, -0.1) is 12.4 Å². The first-order chi connectivity index (χ1) is 9.08. The number of imide groups is 2. The molecule has 104 valence electrons. The van der Waals surface area contributed by atoms with Crippen LogP contribution in [0.2, 0.25) is 0 Å². The molecular formula is C13H11ClN2O4. The van der Waals surface area contributed by atoms with Crippen LogP contribution in [0.5, 0.6) is 0 Å². The number of benzene rings is 1. The van der Waals surface area contributed by atoms with Gasteiger partial charge in [0.1, 0.15) is 0 Å². The number of nitrogens with one attached hydrogen (secondary N) is 2. The topological polar surface area (TPSA) is 92.3 Å². The van der Waals surface area contributed by atoms with Crippen LogP contribution in [-0.4, -0.2) is 23.6 Å². The lowest BCUT2D eigenvalue weighted by atomic mass is 9.86. The molecule has 2 heterocycles. The van der Waals surface area contributed by atoms with Crippen LogP contribution in [0, 0.1) is 0 Å². The van der Waals surface area contributed by atoms with E-state index in [-0.39, 0.29) is 35.9 Å². The highest BCUT2D eigenvalue weighted by Gasteiger charge is 2.35. The van der Waals surface area contributed by atoms with Gasteiger partial charge in [0.25, 0.3) is 11.8 Å². The van der Waals surface area contributed by atoms with Gasteiger partial charge in [-0.25, -0.2) is 0 Å². The zero-order valence-corrected chi connectivity index (χ0v) is 11.1. The highest BCUT2D eigenvalue weighted by molar-refractivity contribution is 6.22. The minimum atomic E-state index is -0.565. The molecule has 0 saturated carbocycles. The van der Waals surface area contributed by atoms with Crippen molar-refractivity contribution in [2.24, 2.45) is 0 Å². The third-order valence-corrected chi connectivity index (χ3v) is 3.41. The molecule has 6 nitrogen and oxygen atoms in total. The molecule has 1 unspecified atom stereocenters. The molecule has 3 rings (SSSR count). The number of rotatable bonds is 1. The lowest BCUT2D eigenvalue weighted by Crippen LogP contribution is -2.40. The van der Waals surface area contributed by atoms with E-state index in [0.717, 1.165) is 0 Å². The predicted molar refractivity (Wildman–Crippen MR) is 70.6 cm³/mol. The van der Waals surface area contributed by atoms with Crippen molar-refractivity contribution in [2.75, 3.05) is 0 Å². The summed E-state index contributed by atoms with van der Waals surface area (Å²) in [6.45, 7) is 0. The average molecular weight is 295 g/mol. The summed E-state index contributed by atoms with van der Waals surface area (Å²) in [6, 6.07) is 4.83. The maximum Gasteiger partial charge on any atom is 0.259 e. The van der Waals surface area contributed by atoms with Crippen molar-refractivity contribution >= 4 is 36.0 Å². The predicted octanol–water partition coefficient (Wildman–Crippen LogP) is 0.512. The zero-order valence-electron chi connectivity index (χ0n) is 10.3. The normalized spacial score (nSPS) is 20.9. The molecule has 4 amide bonds. The van der Waals surface area contributed by atoms with E-state index in [9.17, 15) is 19.2 Å². The van der Waals surface area contributed by atoms with Gasteiger partial charge in [-0.2, -0.15) is 0 Å². The van der Waals surface area contributed by atoms with Crippen LogP contribution >= 0.6 is 12.4 Å². The first-order valence-electron chi connectivity index (χ1n) is 5.90. The monoisotopic (exact) mass is 294 g/mol. The first kappa shape index (κ1) is 14.2. The quantitative estimate of drug-likeness (QED) is 0.738. The van der Waals surface area contributed by atoms with Gasteiger partial charge in [0.2, 0.25) is 11.8 Å². The lowest BCUT2D eigenvalue weighted by molar-refractivity contribution is -0.134. The van der Waals surface area contributed by atoms with Gasteiger partial charge in [-0.1, -0.05) is 12.1 Å². The second-order valence-corrected chi connectivity index (χ2v) is 4.56. The van der Waals surface area contributed by atoms with Gasteiger partial charge in [-0.05, 0) is 18.1 Å². The average Bonchev–Trinajstić information content (AvgIpc) is 2.65. The van der Waals surface area contributed by atoms with E-state index >= 15 is 0 Å². The molecule has 1 saturated heterocycles. The standard InChI is InChI=1S/C13H10N2O4.ClH/c16-9-5-4-7(11(17)14-9)6-2-1-3-8-10(6)13(19)15-12(8)18;/h1-3,7H,4-5H2,(H,14,16,17)(H,15,18,19);1H. The smallest absolute Gasteiger partial charge is 0.259 e. The van der Waals surface area contributed by atoms with Crippen molar-refractivity contribution in [3.05, 3.63) is 34.9 Å². The molecule has 0 aromatic heterocycles. The summed E-state index contributed by atoms with van der Waals surface area (Å²) < 4.78 is 0. The van der Waals surface area contributed by atoms with Gasteiger partial charge < -0.3 is 0 Å². The van der Waals surface area contributed by atoms with E-state index in [0.29, 0.717) is 12.0 Å². The number of hydrogen-bond acceptors (Lipinski definition) is 4. The van der Waals surface area contributed by atoms with Crippen molar-refractivity contribution in [1.29, 1.82) is 0 Å². The molecule has 2 aliphatic rings. The molecule has 0 aliphatic carbocycles. The molecule has 2 aliphatic heterocycles. The van der Waals surface area contributed by atoms with Crippen molar-refractivity contribution in [3.8, 4) is 0 Å². The van der Waals surface area contributed by atoms with Crippen molar-refractivity contribution < 1.29 is 19.2 Å². The fourth-order valence-electron chi connectivity index (χ4n) is 2.53. The Balaban J connectivity index is 0.00000147. The molecule has 1 aromatic carbocycles. The Morgan fingerprint density at radius 3 is 2.45 bits per heavy atom. The van der Waals surface area contributed by atoms with Crippen LogP contribution < -0.4 is 10.6 Å². The molecule has 0 spiro atoms. The highest BCUT2D eigenvalue weighted by Crippen LogP contribution is 2.31. The molecule has 1 aromatic rings. The van der Waals surface area contributed by atoms with Gasteiger partial charge in [-0.3, -0.25) is 29.8 Å².